The minimum atomic E-state index is -0.517. The van der Waals surface area contributed by atoms with Crippen molar-refractivity contribution in [3.05, 3.63) is 0 Å². The molecule has 2 fully saturated rings. The van der Waals surface area contributed by atoms with Gasteiger partial charge in [0.25, 0.3) is 0 Å². The number of ether oxygens (including phenoxy) is 1. The number of imide groups is 1. The van der Waals surface area contributed by atoms with Crippen molar-refractivity contribution in [2.75, 3.05) is 27.2 Å². The SMILES string of the molecule is CNC(=O)NC(=O)[C@@H](C)N1C[C@H]2CCCC[C@@]2(C(=O)OC)C1. The smallest absolute Gasteiger partial charge is 0.321 e. The first-order valence-electron chi connectivity index (χ1n) is 7.79. The van der Waals surface area contributed by atoms with Gasteiger partial charge in [-0.15, -0.1) is 0 Å². The van der Waals surface area contributed by atoms with Gasteiger partial charge in [0.1, 0.15) is 0 Å². The molecule has 22 heavy (non-hydrogen) atoms. The van der Waals surface area contributed by atoms with Crippen LogP contribution in [0.15, 0.2) is 0 Å². The van der Waals surface area contributed by atoms with Crippen molar-refractivity contribution in [2.45, 2.75) is 38.6 Å². The third-order valence-corrected chi connectivity index (χ3v) is 5.13. The van der Waals surface area contributed by atoms with Crippen LogP contribution >= 0.6 is 0 Å². The van der Waals surface area contributed by atoms with Gasteiger partial charge in [0.2, 0.25) is 5.91 Å². The van der Waals surface area contributed by atoms with Crippen molar-refractivity contribution in [1.29, 1.82) is 0 Å². The van der Waals surface area contributed by atoms with E-state index in [1.54, 1.807) is 6.92 Å². The third kappa shape index (κ3) is 2.95. The number of carbonyl (C=O) groups excluding carboxylic acids is 3. The molecule has 0 spiro atoms. The summed E-state index contributed by atoms with van der Waals surface area (Å²) in [5.74, 6) is -0.291. The molecule has 2 rings (SSSR count). The fraction of sp³-hybridized carbons (Fsp3) is 0.800. The van der Waals surface area contributed by atoms with Gasteiger partial charge in [-0.3, -0.25) is 19.8 Å². The van der Waals surface area contributed by atoms with E-state index in [0.29, 0.717) is 13.1 Å². The van der Waals surface area contributed by atoms with Crippen LogP contribution in [0.3, 0.4) is 0 Å². The van der Waals surface area contributed by atoms with E-state index in [9.17, 15) is 14.4 Å². The summed E-state index contributed by atoms with van der Waals surface area (Å²) in [6.45, 7) is 2.98. The Morgan fingerprint density at radius 3 is 2.68 bits per heavy atom. The van der Waals surface area contributed by atoms with E-state index in [0.717, 1.165) is 25.7 Å². The Labute approximate surface area is 130 Å². The zero-order valence-electron chi connectivity index (χ0n) is 13.5. The van der Waals surface area contributed by atoms with Crippen molar-refractivity contribution < 1.29 is 19.1 Å². The van der Waals surface area contributed by atoms with Gasteiger partial charge in [0, 0.05) is 20.1 Å². The van der Waals surface area contributed by atoms with Crippen LogP contribution in [0.4, 0.5) is 4.79 Å². The van der Waals surface area contributed by atoms with E-state index < -0.39 is 17.5 Å². The van der Waals surface area contributed by atoms with E-state index >= 15 is 0 Å². The molecule has 1 heterocycles. The largest absolute Gasteiger partial charge is 0.469 e. The highest BCUT2D eigenvalue weighted by atomic mass is 16.5. The molecule has 1 aliphatic carbocycles. The van der Waals surface area contributed by atoms with Crippen molar-refractivity contribution in [1.82, 2.24) is 15.5 Å². The van der Waals surface area contributed by atoms with Crippen molar-refractivity contribution in [3.8, 4) is 0 Å². The molecule has 2 aliphatic rings. The van der Waals surface area contributed by atoms with Crippen LogP contribution in [0.25, 0.3) is 0 Å². The number of hydrogen-bond acceptors (Lipinski definition) is 5. The zero-order chi connectivity index (χ0) is 16.3. The quantitative estimate of drug-likeness (QED) is 0.741. The van der Waals surface area contributed by atoms with Gasteiger partial charge >= 0.3 is 12.0 Å². The zero-order valence-corrected chi connectivity index (χ0v) is 13.5. The molecule has 7 heteroatoms. The number of hydrogen-bond donors (Lipinski definition) is 2. The molecule has 0 aromatic rings. The lowest BCUT2D eigenvalue weighted by molar-refractivity contribution is -0.156. The first-order chi connectivity index (χ1) is 10.4. The molecular weight excluding hydrogens is 286 g/mol. The second-order valence-electron chi connectivity index (χ2n) is 6.26. The Morgan fingerprint density at radius 2 is 2.05 bits per heavy atom. The van der Waals surface area contributed by atoms with E-state index in [1.165, 1.54) is 14.2 Å². The summed E-state index contributed by atoms with van der Waals surface area (Å²) >= 11 is 0. The van der Waals surface area contributed by atoms with E-state index in [1.807, 2.05) is 4.90 Å². The maximum Gasteiger partial charge on any atom is 0.321 e. The van der Waals surface area contributed by atoms with Crippen LogP contribution in [0, 0.1) is 11.3 Å². The lowest BCUT2D eigenvalue weighted by atomic mass is 9.68. The molecule has 0 aromatic heterocycles. The average Bonchev–Trinajstić information content (AvgIpc) is 2.93. The predicted octanol–water partition coefficient (Wildman–Crippen LogP) is 0.496. The molecule has 7 nitrogen and oxygen atoms in total. The Kier molecular flexibility index (Phi) is 5.05. The first kappa shape index (κ1) is 16.7. The highest BCUT2D eigenvalue weighted by Gasteiger charge is 2.54. The maximum atomic E-state index is 12.3. The van der Waals surface area contributed by atoms with Gasteiger partial charge in [-0.25, -0.2) is 4.79 Å². The van der Waals surface area contributed by atoms with Crippen LogP contribution in [0.2, 0.25) is 0 Å². The number of amides is 3. The lowest BCUT2D eigenvalue weighted by Gasteiger charge is -2.35. The minimum Gasteiger partial charge on any atom is -0.469 e. The summed E-state index contributed by atoms with van der Waals surface area (Å²) in [6.07, 6.45) is 3.91. The van der Waals surface area contributed by atoms with Gasteiger partial charge in [0.15, 0.2) is 0 Å². The summed E-state index contributed by atoms with van der Waals surface area (Å²) in [6, 6.07) is -0.972. The van der Waals surface area contributed by atoms with E-state index in [4.69, 9.17) is 4.74 Å². The highest BCUT2D eigenvalue weighted by molar-refractivity contribution is 5.96. The Balaban J connectivity index is 2.10. The molecule has 1 aliphatic heterocycles. The number of urea groups is 1. The number of esters is 1. The molecule has 2 N–H and O–H groups in total. The second kappa shape index (κ2) is 6.64. The number of nitrogens with zero attached hydrogens (tertiary/aromatic N) is 1. The number of rotatable bonds is 3. The number of carbonyl (C=O) groups is 3. The average molecular weight is 311 g/mol. The van der Waals surface area contributed by atoms with Crippen molar-refractivity contribution in [2.24, 2.45) is 11.3 Å². The summed E-state index contributed by atoms with van der Waals surface area (Å²) < 4.78 is 5.03. The minimum absolute atomic E-state index is 0.168. The van der Waals surface area contributed by atoms with E-state index in [-0.39, 0.29) is 17.8 Å². The fourth-order valence-electron chi connectivity index (χ4n) is 3.77. The summed E-state index contributed by atoms with van der Waals surface area (Å²) in [5.41, 5.74) is -0.492. The first-order valence-corrected chi connectivity index (χ1v) is 7.79. The monoisotopic (exact) mass is 311 g/mol. The Morgan fingerprint density at radius 1 is 1.32 bits per heavy atom. The Hall–Kier alpha value is -1.63. The van der Waals surface area contributed by atoms with Gasteiger partial charge in [-0.05, 0) is 25.7 Å². The molecule has 0 bridgehead atoms. The summed E-state index contributed by atoms with van der Waals surface area (Å²) in [7, 11) is 2.89. The molecule has 1 saturated carbocycles. The number of likely N-dealkylation sites (tertiary alicyclic amines) is 1. The van der Waals surface area contributed by atoms with Gasteiger partial charge < -0.3 is 10.1 Å². The molecule has 0 radical (unpaired) electrons. The highest BCUT2D eigenvalue weighted by Crippen LogP contribution is 2.48. The standard InChI is InChI=1S/C15H25N3O4/c1-10(12(19)17-14(21)16-2)18-8-11-6-4-5-7-15(11,9-18)13(20)22-3/h10-11H,4-9H2,1-3H3,(H2,16,17,19,21)/t10-,11-,15-/m1/s1. The number of fused-ring (bicyclic) bond motifs is 1. The normalized spacial score (nSPS) is 29.3. The molecular formula is C15H25N3O4. The second-order valence-corrected chi connectivity index (χ2v) is 6.26. The molecule has 1 saturated heterocycles. The van der Waals surface area contributed by atoms with Gasteiger partial charge in [0.05, 0.1) is 18.6 Å². The van der Waals surface area contributed by atoms with Crippen molar-refractivity contribution >= 4 is 17.9 Å². The van der Waals surface area contributed by atoms with Crippen LogP contribution in [-0.2, 0) is 14.3 Å². The molecule has 3 amide bonds. The maximum absolute atomic E-state index is 12.3. The lowest BCUT2D eigenvalue weighted by Crippen LogP contribution is -2.49. The molecule has 124 valence electrons. The van der Waals surface area contributed by atoms with Crippen LogP contribution in [0.1, 0.15) is 32.6 Å². The third-order valence-electron chi connectivity index (χ3n) is 5.13. The summed E-state index contributed by atoms with van der Waals surface area (Å²) in [4.78, 5) is 37.7. The Bertz CT molecular complexity index is 468. The van der Waals surface area contributed by atoms with E-state index in [2.05, 4.69) is 10.6 Å². The van der Waals surface area contributed by atoms with Gasteiger partial charge in [-0.1, -0.05) is 12.8 Å². The fourth-order valence-corrected chi connectivity index (χ4v) is 3.77. The van der Waals surface area contributed by atoms with Gasteiger partial charge in [-0.2, -0.15) is 0 Å². The predicted molar refractivity (Wildman–Crippen MR) is 80.0 cm³/mol. The van der Waals surface area contributed by atoms with Crippen molar-refractivity contribution in [3.63, 3.8) is 0 Å². The number of methoxy groups -OCH3 is 1. The molecule has 0 aromatic carbocycles. The molecule has 0 unspecified atom stereocenters. The van der Waals surface area contributed by atoms with Crippen LogP contribution in [0.5, 0.6) is 0 Å². The topological polar surface area (TPSA) is 87.7 Å². The summed E-state index contributed by atoms with van der Waals surface area (Å²) in [5, 5.41) is 4.66. The van der Waals surface area contributed by atoms with Crippen LogP contribution in [-0.4, -0.2) is 56.1 Å². The number of nitrogens with one attached hydrogen (secondary N) is 2. The van der Waals surface area contributed by atoms with Crippen LogP contribution < -0.4 is 10.6 Å². The molecule has 3 atom stereocenters.